The number of likely N-dealkylation sites (tertiary alicyclic amines) is 1. The van der Waals surface area contributed by atoms with Gasteiger partial charge in [-0.1, -0.05) is 12.8 Å². The molecular weight excluding hydrogens is 274 g/mol. The third kappa shape index (κ3) is 4.17. The van der Waals surface area contributed by atoms with E-state index >= 15 is 0 Å². The van der Waals surface area contributed by atoms with Gasteiger partial charge in [0.1, 0.15) is 0 Å². The molecule has 0 bridgehead atoms. The monoisotopic (exact) mass is 299 g/mol. The zero-order valence-corrected chi connectivity index (χ0v) is 12.4. The van der Waals surface area contributed by atoms with Gasteiger partial charge in [-0.25, -0.2) is 0 Å². The third-order valence-electron chi connectivity index (χ3n) is 4.60. The largest absolute Gasteiger partial charge is 0.481 e. The summed E-state index contributed by atoms with van der Waals surface area (Å²) in [5, 5.41) is 18.0. The van der Waals surface area contributed by atoms with Crippen LogP contribution in [-0.4, -0.2) is 59.4 Å². The summed E-state index contributed by atoms with van der Waals surface area (Å²) in [6.07, 6.45) is 4.77. The van der Waals surface area contributed by atoms with E-state index in [-0.39, 0.29) is 24.5 Å². The first-order valence-electron chi connectivity index (χ1n) is 7.87. The number of carboxylic acid groups (broad SMARTS) is 1. The zero-order chi connectivity index (χ0) is 15.2. The van der Waals surface area contributed by atoms with E-state index in [1.165, 1.54) is 0 Å². The quantitative estimate of drug-likeness (QED) is 0.787. The summed E-state index contributed by atoms with van der Waals surface area (Å²) in [4.78, 5) is 25.7. The molecule has 1 saturated heterocycles. The van der Waals surface area contributed by atoms with E-state index in [0.29, 0.717) is 32.5 Å². The topological polar surface area (TPSA) is 87.1 Å². The van der Waals surface area contributed by atoms with Gasteiger partial charge in [-0.3, -0.25) is 9.59 Å². The van der Waals surface area contributed by atoms with Gasteiger partial charge >= 0.3 is 5.97 Å². The summed E-state index contributed by atoms with van der Waals surface area (Å²) >= 11 is 0. The maximum absolute atomic E-state index is 12.6. The number of hydrogen-bond acceptors (Lipinski definition) is 4. The molecule has 21 heavy (non-hydrogen) atoms. The van der Waals surface area contributed by atoms with Gasteiger partial charge in [0, 0.05) is 13.1 Å². The molecule has 0 spiro atoms. The number of aliphatic hydroxyl groups is 1. The summed E-state index contributed by atoms with van der Waals surface area (Å²) in [6, 6.07) is 0. The maximum Gasteiger partial charge on any atom is 0.307 e. The smallest absolute Gasteiger partial charge is 0.307 e. The van der Waals surface area contributed by atoms with E-state index in [1.807, 2.05) is 0 Å². The molecule has 0 aromatic heterocycles. The Hall–Kier alpha value is -1.14. The molecule has 0 unspecified atom stereocenters. The van der Waals surface area contributed by atoms with E-state index in [1.54, 1.807) is 4.90 Å². The molecule has 120 valence electrons. The Morgan fingerprint density at radius 1 is 1.05 bits per heavy atom. The number of amides is 1. The highest BCUT2D eigenvalue weighted by Gasteiger charge is 2.38. The van der Waals surface area contributed by atoms with Gasteiger partial charge in [-0.2, -0.15) is 0 Å². The van der Waals surface area contributed by atoms with Crippen LogP contribution in [-0.2, 0) is 14.3 Å². The molecule has 0 aromatic carbocycles. The number of ether oxygens (including phenoxy) is 1. The van der Waals surface area contributed by atoms with Crippen LogP contribution in [0.25, 0.3) is 0 Å². The van der Waals surface area contributed by atoms with Crippen LogP contribution < -0.4 is 0 Å². The van der Waals surface area contributed by atoms with Gasteiger partial charge in [0.15, 0.2) is 0 Å². The number of carbonyl (C=O) groups excluding carboxylic acids is 1. The Labute approximate surface area is 125 Å². The van der Waals surface area contributed by atoms with E-state index in [2.05, 4.69) is 0 Å². The van der Waals surface area contributed by atoms with E-state index < -0.39 is 11.9 Å². The van der Waals surface area contributed by atoms with Crippen LogP contribution in [0.5, 0.6) is 0 Å². The van der Waals surface area contributed by atoms with Crippen LogP contribution in [0.2, 0.25) is 0 Å². The summed E-state index contributed by atoms with van der Waals surface area (Å²) in [6.45, 7) is 1.60. The molecule has 1 aliphatic heterocycles. The zero-order valence-electron chi connectivity index (χ0n) is 12.4. The molecule has 1 amide bonds. The molecule has 2 N–H and O–H groups in total. The summed E-state index contributed by atoms with van der Waals surface area (Å²) in [5.74, 6) is -1.71. The molecule has 1 saturated carbocycles. The van der Waals surface area contributed by atoms with E-state index in [9.17, 15) is 14.7 Å². The van der Waals surface area contributed by atoms with Crippen LogP contribution in [0.3, 0.4) is 0 Å². The number of hydrogen-bond donors (Lipinski definition) is 2. The summed E-state index contributed by atoms with van der Waals surface area (Å²) < 4.78 is 5.48. The van der Waals surface area contributed by atoms with Gasteiger partial charge in [0.2, 0.25) is 5.91 Å². The van der Waals surface area contributed by atoms with E-state index in [0.717, 1.165) is 25.7 Å². The molecular formula is C15H25NO5. The van der Waals surface area contributed by atoms with Crippen molar-refractivity contribution in [1.82, 2.24) is 4.90 Å². The number of aliphatic hydroxyl groups excluding tert-OH is 1. The number of carbonyl (C=O) groups is 2. The number of nitrogens with zero attached hydrogens (tertiary/aromatic N) is 1. The predicted octanol–water partition coefficient (Wildman–Crippen LogP) is 0.877. The van der Waals surface area contributed by atoms with E-state index in [4.69, 9.17) is 9.84 Å². The first kappa shape index (κ1) is 16.2. The van der Waals surface area contributed by atoms with Crippen molar-refractivity contribution in [2.45, 2.75) is 44.6 Å². The fourth-order valence-electron chi connectivity index (χ4n) is 3.42. The van der Waals surface area contributed by atoms with Gasteiger partial charge < -0.3 is 19.8 Å². The Morgan fingerprint density at radius 2 is 1.67 bits per heavy atom. The average molecular weight is 299 g/mol. The second-order valence-electron chi connectivity index (χ2n) is 5.95. The molecule has 1 heterocycles. The lowest BCUT2D eigenvalue weighted by atomic mass is 9.78. The van der Waals surface area contributed by atoms with Crippen LogP contribution in [0, 0.1) is 11.8 Å². The fourth-order valence-corrected chi connectivity index (χ4v) is 3.42. The Balaban J connectivity index is 1.87. The minimum atomic E-state index is -0.839. The third-order valence-corrected chi connectivity index (χ3v) is 4.60. The summed E-state index contributed by atoms with van der Waals surface area (Å²) in [5.41, 5.74) is 0. The first-order chi connectivity index (χ1) is 10.1. The second kappa shape index (κ2) is 7.75. The summed E-state index contributed by atoms with van der Waals surface area (Å²) in [7, 11) is 0. The van der Waals surface area contributed by atoms with Crippen LogP contribution in [0.4, 0.5) is 0 Å². The van der Waals surface area contributed by atoms with Crippen molar-refractivity contribution in [3.05, 3.63) is 0 Å². The van der Waals surface area contributed by atoms with Crippen molar-refractivity contribution < 1.29 is 24.5 Å². The van der Waals surface area contributed by atoms with Gasteiger partial charge in [-0.05, 0) is 25.7 Å². The highest BCUT2D eigenvalue weighted by molar-refractivity contribution is 5.85. The minimum Gasteiger partial charge on any atom is -0.481 e. The first-order valence-corrected chi connectivity index (χ1v) is 7.87. The Bertz CT molecular complexity index is 365. The number of rotatable bonds is 5. The SMILES string of the molecule is O=C(O)[C@H]1CCCC[C@H]1C(=O)N1CCC(OCCO)CC1. The standard InChI is InChI=1S/C15H25NO5/c17-9-10-21-11-5-7-16(8-6-11)14(18)12-3-1-2-4-13(12)15(19)20/h11-13,17H,1-10H2,(H,19,20)/t12-,13+/m1/s1. The predicted molar refractivity (Wildman–Crippen MR) is 75.7 cm³/mol. The number of carboxylic acids is 1. The van der Waals surface area contributed by atoms with Crippen molar-refractivity contribution in [2.24, 2.45) is 11.8 Å². The minimum absolute atomic E-state index is 0.00251. The van der Waals surface area contributed by atoms with Gasteiger partial charge in [0.25, 0.3) is 0 Å². The molecule has 2 rings (SSSR count). The molecule has 6 nitrogen and oxygen atoms in total. The van der Waals surface area contributed by atoms with Gasteiger partial charge in [-0.15, -0.1) is 0 Å². The molecule has 2 atom stereocenters. The van der Waals surface area contributed by atoms with Crippen molar-refractivity contribution in [3.63, 3.8) is 0 Å². The highest BCUT2D eigenvalue weighted by Crippen LogP contribution is 2.32. The number of aliphatic carboxylic acids is 1. The molecule has 2 fully saturated rings. The van der Waals surface area contributed by atoms with Crippen molar-refractivity contribution in [1.29, 1.82) is 0 Å². The Kier molecular flexibility index (Phi) is 5.99. The molecule has 0 aromatic rings. The molecule has 0 radical (unpaired) electrons. The second-order valence-corrected chi connectivity index (χ2v) is 5.95. The van der Waals surface area contributed by atoms with Crippen molar-refractivity contribution >= 4 is 11.9 Å². The van der Waals surface area contributed by atoms with Crippen molar-refractivity contribution in [2.75, 3.05) is 26.3 Å². The normalized spacial score (nSPS) is 27.6. The number of piperidine rings is 1. The van der Waals surface area contributed by atoms with Gasteiger partial charge in [0.05, 0.1) is 31.2 Å². The van der Waals surface area contributed by atoms with Crippen molar-refractivity contribution in [3.8, 4) is 0 Å². The lowest BCUT2D eigenvalue weighted by Gasteiger charge is -2.36. The van der Waals surface area contributed by atoms with Crippen LogP contribution in [0.1, 0.15) is 38.5 Å². The highest BCUT2D eigenvalue weighted by atomic mass is 16.5. The van der Waals surface area contributed by atoms with Crippen LogP contribution in [0.15, 0.2) is 0 Å². The molecule has 1 aliphatic carbocycles. The fraction of sp³-hybridized carbons (Fsp3) is 0.867. The molecule has 6 heteroatoms. The lowest BCUT2D eigenvalue weighted by Crippen LogP contribution is -2.47. The molecule has 2 aliphatic rings. The Morgan fingerprint density at radius 3 is 2.24 bits per heavy atom. The maximum atomic E-state index is 12.6. The lowest BCUT2D eigenvalue weighted by molar-refractivity contribution is -0.153. The van der Waals surface area contributed by atoms with Crippen LogP contribution >= 0.6 is 0 Å². The average Bonchev–Trinajstić information content (AvgIpc) is 2.52.